The number of carbonyl (C=O) groups is 1. The van der Waals surface area contributed by atoms with Gasteiger partial charge in [0.15, 0.2) is 0 Å². The Hall–Kier alpha value is -2.47. The van der Waals surface area contributed by atoms with Crippen molar-refractivity contribution < 1.29 is 4.79 Å². The molecular formula is C19H25N5O. The molecule has 1 atom stereocenters. The van der Waals surface area contributed by atoms with Crippen LogP contribution >= 0.6 is 0 Å². The van der Waals surface area contributed by atoms with Crippen LogP contribution in [-0.4, -0.2) is 58.9 Å². The van der Waals surface area contributed by atoms with Gasteiger partial charge < -0.3 is 15.1 Å². The maximum atomic E-state index is 12.8. The first kappa shape index (κ1) is 17.4. The molecule has 132 valence electrons. The van der Waals surface area contributed by atoms with Crippen molar-refractivity contribution in [3.8, 4) is 0 Å². The summed E-state index contributed by atoms with van der Waals surface area (Å²) in [6, 6.07) is 10.1. The smallest absolute Gasteiger partial charge is 0.257 e. The molecular weight excluding hydrogens is 314 g/mol. The molecule has 2 aromatic rings. The van der Waals surface area contributed by atoms with Gasteiger partial charge in [0.05, 0.1) is 5.56 Å². The van der Waals surface area contributed by atoms with Gasteiger partial charge in [-0.1, -0.05) is 24.6 Å². The van der Waals surface area contributed by atoms with Crippen LogP contribution in [0.15, 0.2) is 42.7 Å². The van der Waals surface area contributed by atoms with Gasteiger partial charge in [-0.15, -0.1) is 0 Å². The second kappa shape index (κ2) is 8.07. The molecule has 25 heavy (non-hydrogen) atoms. The first-order chi connectivity index (χ1) is 12.1. The molecule has 6 nitrogen and oxygen atoms in total. The molecule has 3 rings (SSSR count). The third kappa shape index (κ3) is 4.54. The fourth-order valence-electron chi connectivity index (χ4n) is 3.06. The zero-order chi connectivity index (χ0) is 17.6. The summed E-state index contributed by atoms with van der Waals surface area (Å²) in [6.45, 7) is 1.56. The Morgan fingerprint density at radius 1 is 1.16 bits per heavy atom. The molecule has 6 heteroatoms. The van der Waals surface area contributed by atoms with E-state index in [9.17, 15) is 4.79 Å². The van der Waals surface area contributed by atoms with Gasteiger partial charge >= 0.3 is 0 Å². The van der Waals surface area contributed by atoms with Crippen molar-refractivity contribution in [2.45, 2.75) is 25.3 Å². The van der Waals surface area contributed by atoms with Crippen molar-refractivity contribution in [3.63, 3.8) is 0 Å². The van der Waals surface area contributed by atoms with E-state index in [0.29, 0.717) is 17.6 Å². The Morgan fingerprint density at radius 3 is 2.56 bits per heavy atom. The highest BCUT2D eigenvalue weighted by Gasteiger charge is 2.24. The molecule has 0 bridgehead atoms. The SMILES string of the molecule is CN(C)[C@H]1CCCCN(C(=O)c2cnc(Nc3ccccc3)nc2)C1. The lowest BCUT2D eigenvalue weighted by Crippen LogP contribution is -2.42. The Balaban J connectivity index is 1.67. The molecule has 0 radical (unpaired) electrons. The van der Waals surface area contributed by atoms with Crippen molar-refractivity contribution in [1.29, 1.82) is 0 Å². The number of rotatable bonds is 4. The average Bonchev–Trinajstić information content (AvgIpc) is 2.89. The maximum Gasteiger partial charge on any atom is 0.257 e. The Labute approximate surface area is 148 Å². The van der Waals surface area contributed by atoms with Crippen LogP contribution in [0, 0.1) is 0 Å². The molecule has 0 unspecified atom stereocenters. The summed E-state index contributed by atoms with van der Waals surface area (Å²) < 4.78 is 0. The van der Waals surface area contributed by atoms with Gasteiger partial charge in [0.2, 0.25) is 5.95 Å². The first-order valence-electron chi connectivity index (χ1n) is 8.73. The van der Waals surface area contributed by atoms with Gasteiger partial charge in [0.25, 0.3) is 5.91 Å². The zero-order valence-corrected chi connectivity index (χ0v) is 14.9. The number of carbonyl (C=O) groups excluding carboxylic acids is 1. The highest BCUT2D eigenvalue weighted by Crippen LogP contribution is 2.17. The molecule has 1 aromatic carbocycles. The van der Waals surface area contributed by atoms with Crippen molar-refractivity contribution >= 4 is 17.5 Å². The normalized spacial score (nSPS) is 18.0. The lowest BCUT2D eigenvalue weighted by molar-refractivity contribution is 0.0724. The van der Waals surface area contributed by atoms with Crippen molar-refractivity contribution in [2.24, 2.45) is 0 Å². The Bertz CT molecular complexity index is 687. The van der Waals surface area contributed by atoms with Crippen LogP contribution in [0.2, 0.25) is 0 Å². The maximum absolute atomic E-state index is 12.8. The van der Waals surface area contributed by atoms with Crippen LogP contribution in [0.1, 0.15) is 29.6 Å². The Kier molecular flexibility index (Phi) is 5.60. The van der Waals surface area contributed by atoms with Gasteiger partial charge in [-0.05, 0) is 39.1 Å². The number of hydrogen-bond acceptors (Lipinski definition) is 5. The predicted molar refractivity (Wildman–Crippen MR) is 99.0 cm³/mol. The highest BCUT2D eigenvalue weighted by molar-refractivity contribution is 5.93. The number of benzene rings is 1. The van der Waals surface area contributed by atoms with E-state index in [1.165, 1.54) is 0 Å². The van der Waals surface area contributed by atoms with Crippen LogP contribution in [0.25, 0.3) is 0 Å². The summed E-state index contributed by atoms with van der Waals surface area (Å²) in [7, 11) is 4.15. The second-order valence-corrected chi connectivity index (χ2v) is 6.65. The number of anilines is 2. The van der Waals surface area contributed by atoms with Crippen molar-refractivity contribution in [3.05, 3.63) is 48.3 Å². The van der Waals surface area contributed by atoms with E-state index in [1.54, 1.807) is 12.4 Å². The third-order valence-electron chi connectivity index (χ3n) is 4.59. The molecule has 0 saturated carbocycles. The van der Waals surface area contributed by atoms with Gasteiger partial charge in [0.1, 0.15) is 0 Å². The highest BCUT2D eigenvalue weighted by atomic mass is 16.2. The summed E-state index contributed by atoms with van der Waals surface area (Å²) in [5, 5.41) is 3.13. The number of aromatic nitrogens is 2. The molecule has 0 aliphatic carbocycles. The number of nitrogens with zero attached hydrogens (tertiary/aromatic N) is 4. The summed E-state index contributed by atoms with van der Waals surface area (Å²) in [6.07, 6.45) is 6.55. The molecule has 1 aromatic heterocycles. The molecule has 1 aliphatic rings. The largest absolute Gasteiger partial charge is 0.337 e. The van der Waals surface area contributed by atoms with Crippen LogP contribution in [0.3, 0.4) is 0 Å². The molecule has 1 fully saturated rings. The molecule has 0 spiro atoms. The van der Waals surface area contributed by atoms with E-state index >= 15 is 0 Å². The summed E-state index contributed by atoms with van der Waals surface area (Å²) in [5.74, 6) is 0.504. The fraction of sp³-hybridized carbons (Fsp3) is 0.421. The average molecular weight is 339 g/mol. The number of amides is 1. The first-order valence-corrected chi connectivity index (χ1v) is 8.73. The second-order valence-electron chi connectivity index (χ2n) is 6.65. The fourth-order valence-corrected chi connectivity index (χ4v) is 3.06. The topological polar surface area (TPSA) is 61.4 Å². The number of likely N-dealkylation sites (N-methyl/N-ethyl adjacent to an activating group) is 1. The van der Waals surface area contributed by atoms with Gasteiger partial charge in [-0.25, -0.2) is 9.97 Å². The van der Waals surface area contributed by atoms with Gasteiger partial charge in [0, 0.05) is 37.2 Å². The van der Waals surface area contributed by atoms with Crippen molar-refractivity contribution in [1.82, 2.24) is 19.8 Å². The van der Waals surface area contributed by atoms with Gasteiger partial charge in [-0.2, -0.15) is 0 Å². The molecule has 1 aliphatic heterocycles. The van der Waals surface area contributed by atoms with Crippen LogP contribution < -0.4 is 5.32 Å². The van der Waals surface area contributed by atoms with E-state index in [-0.39, 0.29) is 5.91 Å². The van der Waals surface area contributed by atoms with E-state index in [0.717, 1.165) is 38.0 Å². The van der Waals surface area contributed by atoms with E-state index in [4.69, 9.17) is 0 Å². The zero-order valence-electron chi connectivity index (χ0n) is 14.9. The summed E-state index contributed by atoms with van der Waals surface area (Å²) >= 11 is 0. The Morgan fingerprint density at radius 2 is 1.88 bits per heavy atom. The molecule has 2 heterocycles. The van der Waals surface area contributed by atoms with E-state index in [1.807, 2.05) is 35.2 Å². The molecule has 1 N–H and O–H groups in total. The van der Waals surface area contributed by atoms with Crippen LogP contribution in [0.4, 0.5) is 11.6 Å². The predicted octanol–water partition coefficient (Wildman–Crippen LogP) is 2.78. The van der Waals surface area contributed by atoms with Crippen LogP contribution in [0.5, 0.6) is 0 Å². The standard InChI is InChI=1S/C19H25N5O/c1-23(2)17-10-6-7-11-24(14-17)18(25)15-12-20-19(21-13-15)22-16-8-4-3-5-9-16/h3-5,8-9,12-13,17H,6-7,10-11,14H2,1-2H3,(H,20,21,22)/t17-/m0/s1. The minimum Gasteiger partial charge on any atom is -0.337 e. The van der Waals surface area contributed by atoms with E-state index in [2.05, 4.69) is 34.3 Å². The van der Waals surface area contributed by atoms with Crippen molar-refractivity contribution in [2.75, 3.05) is 32.5 Å². The van der Waals surface area contributed by atoms with E-state index < -0.39 is 0 Å². The summed E-state index contributed by atoms with van der Waals surface area (Å²) in [5.41, 5.74) is 1.46. The molecule has 1 amide bonds. The summed E-state index contributed by atoms with van der Waals surface area (Å²) in [4.78, 5) is 25.5. The number of hydrogen-bond donors (Lipinski definition) is 1. The number of nitrogens with one attached hydrogen (secondary N) is 1. The van der Waals surface area contributed by atoms with Crippen LogP contribution in [-0.2, 0) is 0 Å². The quantitative estimate of drug-likeness (QED) is 0.928. The minimum absolute atomic E-state index is 0.0139. The third-order valence-corrected chi connectivity index (χ3v) is 4.59. The number of para-hydroxylation sites is 1. The van der Waals surface area contributed by atoms with Gasteiger partial charge in [-0.3, -0.25) is 4.79 Å². The lowest BCUT2D eigenvalue weighted by Gasteiger charge is -2.28. The minimum atomic E-state index is 0.0139. The lowest BCUT2D eigenvalue weighted by atomic mass is 10.1. The number of likely N-dealkylation sites (tertiary alicyclic amines) is 1. The molecule has 1 saturated heterocycles. The monoisotopic (exact) mass is 339 g/mol.